The van der Waals surface area contributed by atoms with E-state index < -0.39 is 32.5 Å². The summed E-state index contributed by atoms with van der Waals surface area (Å²) in [5, 5.41) is 0. The average Bonchev–Trinajstić information content (AvgIpc) is 3.94. The van der Waals surface area contributed by atoms with Crippen LogP contribution in [0.15, 0.2) is 12.2 Å². The van der Waals surface area contributed by atoms with Crippen molar-refractivity contribution in [2.75, 3.05) is 26.4 Å². The monoisotopic (exact) mass is 816 g/mol. The number of phosphoric acid groups is 1. The van der Waals surface area contributed by atoms with Gasteiger partial charge in [-0.25, -0.2) is 4.57 Å². The maximum Gasteiger partial charge on any atom is 0.472 e. The van der Waals surface area contributed by atoms with Gasteiger partial charge in [-0.05, 0) is 38.5 Å². The number of esters is 2. The zero-order chi connectivity index (χ0) is 40.8. The van der Waals surface area contributed by atoms with Crippen molar-refractivity contribution >= 4 is 19.8 Å². The third-order valence-corrected chi connectivity index (χ3v) is 11.6. The van der Waals surface area contributed by atoms with Gasteiger partial charge in [-0.2, -0.15) is 0 Å². The highest BCUT2D eigenvalue weighted by atomic mass is 31.2. The fourth-order valence-corrected chi connectivity index (χ4v) is 7.76. The van der Waals surface area contributed by atoms with Gasteiger partial charge >= 0.3 is 19.8 Å². The maximum atomic E-state index is 12.6. The van der Waals surface area contributed by atoms with E-state index in [1.165, 1.54) is 128 Å². The predicted molar refractivity (Wildman–Crippen MR) is 229 cm³/mol. The lowest BCUT2D eigenvalue weighted by Crippen LogP contribution is -2.29. The van der Waals surface area contributed by atoms with Gasteiger partial charge in [0.1, 0.15) is 6.61 Å². The van der Waals surface area contributed by atoms with Crippen LogP contribution in [-0.2, 0) is 37.4 Å². The van der Waals surface area contributed by atoms with Gasteiger partial charge in [0.05, 0.1) is 25.4 Å². The van der Waals surface area contributed by atoms with Crippen LogP contribution in [0.4, 0.5) is 0 Å². The number of phosphoric ester groups is 1. The maximum absolute atomic E-state index is 12.6. The number of epoxide rings is 1. The van der Waals surface area contributed by atoms with Crippen LogP contribution >= 0.6 is 7.82 Å². The Kier molecular flexibility index (Phi) is 35.7. The molecule has 0 radical (unpaired) electrons. The van der Waals surface area contributed by atoms with Gasteiger partial charge in [0.15, 0.2) is 6.10 Å². The summed E-state index contributed by atoms with van der Waals surface area (Å²) in [6, 6.07) is 0. The van der Waals surface area contributed by atoms with Crippen molar-refractivity contribution in [2.45, 2.75) is 238 Å². The van der Waals surface area contributed by atoms with E-state index in [1.54, 1.807) is 0 Å². The van der Waals surface area contributed by atoms with Gasteiger partial charge in [0.2, 0.25) is 0 Å². The Labute approximate surface area is 343 Å². The molecule has 0 aromatic carbocycles. The van der Waals surface area contributed by atoms with E-state index in [2.05, 4.69) is 26.0 Å². The third kappa shape index (κ3) is 34.7. The molecule has 56 heavy (non-hydrogen) atoms. The molecule has 1 aliphatic heterocycles. The number of rotatable bonds is 43. The van der Waals surface area contributed by atoms with Crippen molar-refractivity contribution in [1.29, 1.82) is 0 Å². The van der Waals surface area contributed by atoms with Gasteiger partial charge in [-0.1, -0.05) is 180 Å². The van der Waals surface area contributed by atoms with Crippen molar-refractivity contribution in [3.8, 4) is 0 Å². The molecule has 1 aliphatic rings. The molecular weight excluding hydrogens is 729 g/mol. The summed E-state index contributed by atoms with van der Waals surface area (Å²) in [4.78, 5) is 34.9. The average molecular weight is 816 g/mol. The molecule has 0 bridgehead atoms. The van der Waals surface area contributed by atoms with Crippen molar-refractivity contribution in [3.63, 3.8) is 0 Å². The molecule has 10 nitrogen and oxygen atoms in total. The number of carbonyl (C=O) groups is 2. The smallest absolute Gasteiger partial charge is 0.462 e. The highest BCUT2D eigenvalue weighted by molar-refractivity contribution is 7.47. The Bertz CT molecular complexity index is 997. The van der Waals surface area contributed by atoms with Gasteiger partial charge in [-0.3, -0.25) is 18.6 Å². The predicted octanol–water partition coefficient (Wildman–Crippen LogP) is 12.4. The van der Waals surface area contributed by atoms with Crippen molar-refractivity contribution in [3.05, 3.63) is 12.2 Å². The molecule has 11 heteroatoms. The van der Waals surface area contributed by atoms with Crippen molar-refractivity contribution in [1.82, 2.24) is 0 Å². The van der Waals surface area contributed by atoms with Crippen LogP contribution in [0, 0.1) is 0 Å². The summed E-state index contributed by atoms with van der Waals surface area (Å²) in [6.07, 6.45) is 41.3. The molecule has 0 aromatic heterocycles. The van der Waals surface area contributed by atoms with Crippen LogP contribution in [-0.4, -0.2) is 61.5 Å². The van der Waals surface area contributed by atoms with Gasteiger partial charge in [-0.15, -0.1) is 0 Å². The Morgan fingerprint density at radius 2 is 1.11 bits per heavy atom. The number of unbranched alkanes of at least 4 members (excludes halogenated alkanes) is 25. The van der Waals surface area contributed by atoms with Crippen LogP contribution < -0.4 is 5.73 Å². The van der Waals surface area contributed by atoms with E-state index in [9.17, 15) is 19.0 Å². The summed E-state index contributed by atoms with van der Waals surface area (Å²) in [5.41, 5.74) is 5.35. The second-order valence-electron chi connectivity index (χ2n) is 16.0. The Hall–Kier alpha value is -1.29. The van der Waals surface area contributed by atoms with E-state index in [4.69, 9.17) is 29.0 Å². The standard InChI is InChI=1S/C45H86NO9P/c1-3-5-7-8-9-10-11-12-13-14-15-16-17-18-19-20-25-28-32-36-45(48)54-41(40-53-56(49,50)52-38-37-46)39-51-44(47)35-31-27-24-22-21-23-26-30-34-43-42(55-43)33-29-6-4-2/h26,30,41-43H,3-25,27-29,31-40,46H2,1-2H3,(H,49,50)/b30-26-/t41-,42?,43?/m1/s1. The van der Waals surface area contributed by atoms with Crippen molar-refractivity contribution in [2.24, 2.45) is 5.73 Å². The minimum atomic E-state index is -4.38. The molecule has 3 unspecified atom stereocenters. The summed E-state index contributed by atoms with van der Waals surface area (Å²) in [6.45, 7) is 3.71. The fourth-order valence-electron chi connectivity index (χ4n) is 7.00. The molecule has 0 aromatic rings. The van der Waals surface area contributed by atoms with Crippen LogP contribution in [0.2, 0.25) is 0 Å². The quantitative estimate of drug-likeness (QED) is 0.0200. The van der Waals surface area contributed by atoms with Crippen LogP contribution in [0.3, 0.4) is 0 Å². The second-order valence-corrected chi connectivity index (χ2v) is 17.5. The molecule has 1 heterocycles. The lowest BCUT2D eigenvalue weighted by Gasteiger charge is -2.19. The lowest BCUT2D eigenvalue weighted by molar-refractivity contribution is -0.161. The summed E-state index contributed by atoms with van der Waals surface area (Å²) in [5.74, 6) is -0.839. The number of nitrogens with two attached hydrogens (primary N) is 1. The normalized spacial score (nSPS) is 16.9. The molecule has 0 saturated carbocycles. The van der Waals surface area contributed by atoms with Crippen LogP contribution in [0.1, 0.15) is 219 Å². The molecule has 1 saturated heterocycles. The minimum Gasteiger partial charge on any atom is -0.462 e. The first-order valence-corrected chi connectivity index (χ1v) is 24.8. The van der Waals surface area contributed by atoms with Crippen molar-refractivity contribution < 1.29 is 42.3 Å². The molecule has 0 spiro atoms. The zero-order valence-electron chi connectivity index (χ0n) is 36.1. The van der Waals surface area contributed by atoms with E-state index in [1.807, 2.05) is 0 Å². The number of hydrogen-bond donors (Lipinski definition) is 2. The Morgan fingerprint density at radius 3 is 1.64 bits per heavy atom. The van der Waals surface area contributed by atoms with E-state index >= 15 is 0 Å². The fraction of sp³-hybridized carbons (Fsp3) is 0.911. The first-order valence-electron chi connectivity index (χ1n) is 23.3. The number of allylic oxidation sites excluding steroid dienone is 1. The number of hydrogen-bond acceptors (Lipinski definition) is 9. The number of carbonyl (C=O) groups excluding carboxylic acids is 2. The third-order valence-electron chi connectivity index (χ3n) is 10.6. The molecule has 1 fully saturated rings. The molecular formula is C45H86NO9P. The van der Waals surface area contributed by atoms with E-state index in [-0.39, 0.29) is 32.6 Å². The summed E-state index contributed by atoms with van der Waals surface area (Å²) < 4.78 is 38.6. The molecule has 1 rings (SSSR count). The second kappa shape index (κ2) is 37.9. The Balaban J connectivity index is 2.13. The van der Waals surface area contributed by atoms with Gasteiger partial charge in [0.25, 0.3) is 0 Å². The number of ether oxygens (including phenoxy) is 3. The highest BCUT2D eigenvalue weighted by Gasteiger charge is 2.36. The molecule has 330 valence electrons. The van der Waals surface area contributed by atoms with Gasteiger partial charge in [0, 0.05) is 19.4 Å². The van der Waals surface area contributed by atoms with Crippen LogP contribution in [0.5, 0.6) is 0 Å². The summed E-state index contributed by atoms with van der Waals surface area (Å²) in [7, 11) is -4.38. The first-order chi connectivity index (χ1) is 27.3. The largest absolute Gasteiger partial charge is 0.472 e. The SMILES string of the molecule is CCCCCCCCCCCCCCCCCCCCCC(=O)O[C@H](COC(=O)CCCCCCC/C=C\CC1OC1CCCCC)COP(=O)(O)OCCN. The topological polar surface area (TPSA) is 147 Å². The lowest BCUT2D eigenvalue weighted by atomic mass is 10.0. The first kappa shape index (κ1) is 52.7. The molecule has 4 atom stereocenters. The molecule has 0 amide bonds. The van der Waals surface area contributed by atoms with E-state index in [0.717, 1.165) is 51.4 Å². The van der Waals surface area contributed by atoms with Crippen LogP contribution in [0.25, 0.3) is 0 Å². The van der Waals surface area contributed by atoms with E-state index in [0.29, 0.717) is 25.0 Å². The minimum absolute atomic E-state index is 0.0519. The summed E-state index contributed by atoms with van der Waals surface area (Å²) >= 11 is 0. The Morgan fingerprint density at radius 1 is 0.625 bits per heavy atom. The molecule has 0 aliphatic carbocycles. The zero-order valence-corrected chi connectivity index (χ0v) is 37.0. The highest BCUT2D eigenvalue weighted by Crippen LogP contribution is 2.43. The molecule has 3 N–H and O–H groups in total. The van der Waals surface area contributed by atoms with Gasteiger partial charge < -0.3 is 24.8 Å².